The van der Waals surface area contributed by atoms with E-state index in [0.29, 0.717) is 5.90 Å². The fourth-order valence-electron chi connectivity index (χ4n) is 1.19. The van der Waals surface area contributed by atoms with Crippen molar-refractivity contribution in [3.8, 4) is 0 Å². The summed E-state index contributed by atoms with van der Waals surface area (Å²) in [5.74, 6) is 0.713. The molecule has 88 valence electrons. The van der Waals surface area contributed by atoms with Crippen LogP contribution in [-0.4, -0.2) is 33.3 Å². The molecule has 0 aromatic heterocycles. The lowest BCUT2D eigenvalue weighted by molar-refractivity contribution is 0.413. The molecular weight excluding hydrogens is 216 g/mol. The lowest BCUT2D eigenvalue weighted by atomic mass is 10.2. The van der Waals surface area contributed by atoms with Crippen molar-refractivity contribution < 1.29 is 4.43 Å². The number of hydrazone groups is 1. The molecule has 0 fully saturated rings. The van der Waals surface area contributed by atoms with Gasteiger partial charge in [0.1, 0.15) is 0 Å². The highest BCUT2D eigenvalue weighted by molar-refractivity contribution is 6.71. The van der Waals surface area contributed by atoms with Crippen molar-refractivity contribution in [3.63, 3.8) is 0 Å². The molecule has 0 spiro atoms. The van der Waals surface area contributed by atoms with Crippen molar-refractivity contribution in [3.05, 3.63) is 35.9 Å². The molecule has 0 unspecified atom stereocenters. The van der Waals surface area contributed by atoms with E-state index in [1.165, 1.54) is 0 Å². The second-order valence-corrected chi connectivity index (χ2v) is 9.26. The third-order valence-corrected chi connectivity index (χ3v) is 2.52. The Morgan fingerprint density at radius 2 is 1.69 bits per heavy atom. The van der Waals surface area contributed by atoms with Gasteiger partial charge in [-0.3, -0.25) is 5.01 Å². The predicted molar refractivity (Wildman–Crippen MR) is 71.1 cm³/mol. The molecular formula is C12H20N2OSi. The quantitative estimate of drug-likeness (QED) is 0.349. The van der Waals surface area contributed by atoms with Gasteiger partial charge in [0.05, 0.1) is 0 Å². The van der Waals surface area contributed by atoms with Crippen LogP contribution in [0.1, 0.15) is 5.56 Å². The molecule has 0 atom stereocenters. The lowest BCUT2D eigenvalue weighted by Crippen LogP contribution is -2.30. The average Bonchev–Trinajstić information content (AvgIpc) is 2.15. The maximum Gasteiger partial charge on any atom is 0.244 e. The minimum absolute atomic E-state index is 0.713. The van der Waals surface area contributed by atoms with Crippen LogP contribution >= 0.6 is 0 Å². The van der Waals surface area contributed by atoms with Crippen LogP contribution < -0.4 is 0 Å². The fourth-order valence-corrected chi connectivity index (χ4v) is 1.93. The molecule has 0 aliphatic carbocycles. The van der Waals surface area contributed by atoms with Gasteiger partial charge in [-0.1, -0.05) is 18.2 Å². The minimum atomic E-state index is -1.63. The molecule has 0 saturated heterocycles. The van der Waals surface area contributed by atoms with Crippen molar-refractivity contribution in [1.82, 2.24) is 5.01 Å². The normalized spacial score (nSPS) is 12.4. The molecule has 0 heterocycles. The fraction of sp³-hybridized carbons (Fsp3) is 0.417. The van der Waals surface area contributed by atoms with Crippen LogP contribution in [0.4, 0.5) is 0 Å². The summed E-state index contributed by atoms with van der Waals surface area (Å²) in [6, 6.07) is 10.0. The predicted octanol–water partition coefficient (Wildman–Crippen LogP) is 2.76. The molecule has 3 nitrogen and oxygen atoms in total. The van der Waals surface area contributed by atoms with Gasteiger partial charge in [-0.15, -0.1) is 5.10 Å². The highest BCUT2D eigenvalue weighted by Gasteiger charge is 2.19. The van der Waals surface area contributed by atoms with Gasteiger partial charge in [0.2, 0.25) is 14.2 Å². The topological polar surface area (TPSA) is 24.8 Å². The number of benzene rings is 1. The zero-order valence-corrected chi connectivity index (χ0v) is 11.7. The average molecular weight is 236 g/mol. The van der Waals surface area contributed by atoms with E-state index >= 15 is 0 Å². The van der Waals surface area contributed by atoms with Gasteiger partial charge in [0.15, 0.2) is 0 Å². The highest BCUT2D eigenvalue weighted by atomic mass is 28.4. The molecule has 0 saturated carbocycles. The standard InChI is InChI=1S/C12H20N2OSi/c1-14(2)13-12(15-16(3,4)5)11-9-7-6-8-10-11/h6-10H,1-5H3/b13-12+. The van der Waals surface area contributed by atoms with Crippen molar-refractivity contribution >= 4 is 14.2 Å². The summed E-state index contributed by atoms with van der Waals surface area (Å²) in [5.41, 5.74) is 1.03. The maximum atomic E-state index is 5.98. The van der Waals surface area contributed by atoms with Crippen molar-refractivity contribution in [2.24, 2.45) is 5.10 Å². The van der Waals surface area contributed by atoms with Crippen molar-refractivity contribution in [2.75, 3.05) is 14.1 Å². The zero-order chi connectivity index (χ0) is 12.2. The number of hydrogen-bond donors (Lipinski definition) is 0. The first-order valence-electron chi connectivity index (χ1n) is 5.39. The first-order valence-corrected chi connectivity index (χ1v) is 8.80. The molecule has 0 N–H and O–H groups in total. The van der Waals surface area contributed by atoms with Gasteiger partial charge in [-0.2, -0.15) is 0 Å². The summed E-state index contributed by atoms with van der Waals surface area (Å²) in [6.45, 7) is 6.46. The van der Waals surface area contributed by atoms with Gasteiger partial charge in [-0.05, 0) is 31.8 Å². The third kappa shape index (κ3) is 4.48. The summed E-state index contributed by atoms with van der Waals surface area (Å²) in [6.07, 6.45) is 0. The van der Waals surface area contributed by atoms with E-state index in [-0.39, 0.29) is 0 Å². The largest absolute Gasteiger partial charge is 0.530 e. The number of nitrogens with zero attached hydrogens (tertiary/aromatic N) is 2. The van der Waals surface area contributed by atoms with Crippen LogP contribution in [0.2, 0.25) is 19.6 Å². The van der Waals surface area contributed by atoms with Gasteiger partial charge >= 0.3 is 0 Å². The molecule has 0 amide bonds. The maximum absolute atomic E-state index is 5.98. The smallest absolute Gasteiger partial charge is 0.244 e. The second-order valence-electron chi connectivity index (χ2n) is 4.83. The lowest BCUT2D eigenvalue weighted by Gasteiger charge is -2.21. The van der Waals surface area contributed by atoms with E-state index in [1.54, 1.807) is 5.01 Å². The first-order chi connectivity index (χ1) is 7.38. The first kappa shape index (κ1) is 12.8. The summed E-state index contributed by atoms with van der Waals surface area (Å²) in [7, 11) is 2.17. The second kappa shape index (κ2) is 5.16. The molecule has 1 rings (SSSR count). The Labute approximate surface area is 98.9 Å². The van der Waals surface area contributed by atoms with Gasteiger partial charge < -0.3 is 4.43 Å². The Morgan fingerprint density at radius 1 is 1.12 bits per heavy atom. The molecule has 0 aliphatic heterocycles. The van der Waals surface area contributed by atoms with Crippen LogP contribution in [0.25, 0.3) is 0 Å². The van der Waals surface area contributed by atoms with Gasteiger partial charge in [-0.25, -0.2) is 0 Å². The Bertz CT molecular complexity index is 355. The zero-order valence-electron chi connectivity index (χ0n) is 10.7. The molecule has 4 heteroatoms. The van der Waals surface area contributed by atoms with Crippen molar-refractivity contribution in [1.29, 1.82) is 0 Å². The highest BCUT2D eigenvalue weighted by Crippen LogP contribution is 2.10. The van der Waals surface area contributed by atoms with Crippen LogP contribution in [0.5, 0.6) is 0 Å². The molecule has 0 bridgehead atoms. The molecule has 0 aliphatic rings. The van der Waals surface area contributed by atoms with Crippen LogP contribution in [0, 0.1) is 0 Å². The van der Waals surface area contributed by atoms with E-state index in [9.17, 15) is 0 Å². The van der Waals surface area contributed by atoms with E-state index in [1.807, 2.05) is 44.4 Å². The van der Waals surface area contributed by atoms with Crippen molar-refractivity contribution in [2.45, 2.75) is 19.6 Å². The van der Waals surface area contributed by atoms with Crippen LogP contribution in [0.15, 0.2) is 35.4 Å². The van der Waals surface area contributed by atoms with Crippen LogP contribution in [0.3, 0.4) is 0 Å². The van der Waals surface area contributed by atoms with E-state index < -0.39 is 8.32 Å². The number of rotatable bonds is 3. The summed E-state index contributed by atoms with van der Waals surface area (Å²) in [5, 5.41) is 6.16. The SMILES string of the molecule is CN(C)/N=C(/O[Si](C)(C)C)c1ccccc1. The van der Waals surface area contributed by atoms with E-state index in [2.05, 4.69) is 24.7 Å². The molecule has 16 heavy (non-hydrogen) atoms. The summed E-state index contributed by atoms with van der Waals surface area (Å²) >= 11 is 0. The molecule has 1 aromatic carbocycles. The van der Waals surface area contributed by atoms with Gasteiger partial charge in [0, 0.05) is 19.7 Å². The Kier molecular flexibility index (Phi) is 4.12. The Balaban J connectivity index is 2.98. The van der Waals surface area contributed by atoms with E-state index in [4.69, 9.17) is 4.43 Å². The molecule has 1 aromatic rings. The minimum Gasteiger partial charge on any atom is -0.530 e. The monoisotopic (exact) mass is 236 g/mol. The number of hydrogen-bond acceptors (Lipinski definition) is 3. The Hall–Kier alpha value is -1.29. The Morgan fingerprint density at radius 3 is 2.12 bits per heavy atom. The summed E-state index contributed by atoms with van der Waals surface area (Å²) in [4.78, 5) is 0. The van der Waals surface area contributed by atoms with Crippen LogP contribution in [-0.2, 0) is 4.43 Å². The molecule has 0 radical (unpaired) electrons. The van der Waals surface area contributed by atoms with Gasteiger partial charge in [0.25, 0.3) is 0 Å². The summed E-state index contributed by atoms with van der Waals surface area (Å²) < 4.78 is 5.98. The third-order valence-electron chi connectivity index (χ3n) is 1.71. The van der Waals surface area contributed by atoms with E-state index in [0.717, 1.165) is 5.56 Å².